The van der Waals surface area contributed by atoms with Gasteiger partial charge in [-0.1, -0.05) is 0 Å². The molecule has 1 N–H and O–H groups in total. The van der Waals surface area contributed by atoms with Crippen molar-refractivity contribution >= 4 is 5.91 Å². The first-order chi connectivity index (χ1) is 9.50. The summed E-state index contributed by atoms with van der Waals surface area (Å²) in [5, 5.41) is 3.43. The van der Waals surface area contributed by atoms with E-state index in [1.54, 1.807) is 0 Å². The van der Waals surface area contributed by atoms with Gasteiger partial charge in [0.15, 0.2) is 0 Å². The Morgan fingerprint density at radius 2 is 2.25 bits per heavy atom. The van der Waals surface area contributed by atoms with Crippen LogP contribution in [-0.4, -0.2) is 41.1 Å². The van der Waals surface area contributed by atoms with Gasteiger partial charge in [-0.2, -0.15) is 0 Å². The van der Waals surface area contributed by atoms with Crippen molar-refractivity contribution < 1.29 is 4.79 Å². The number of hydrogen-bond donors (Lipinski definition) is 1. The normalized spacial score (nSPS) is 19.4. The third-order valence-electron chi connectivity index (χ3n) is 4.33. The molecular weight excluding hydrogens is 250 g/mol. The summed E-state index contributed by atoms with van der Waals surface area (Å²) in [6.45, 7) is 9.23. The highest BCUT2D eigenvalue weighted by Gasteiger charge is 2.25. The molecule has 0 radical (unpaired) electrons. The average molecular weight is 277 g/mol. The molecule has 1 aliphatic heterocycles. The zero-order valence-electron chi connectivity index (χ0n) is 13.1. The predicted octanol–water partition coefficient (Wildman–Crippen LogP) is 2.18. The van der Waals surface area contributed by atoms with Crippen LogP contribution in [0, 0.1) is 12.8 Å². The van der Waals surface area contributed by atoms with Crippen LogP contribution >= 0.6 is 0 Å². The predicted molar refractivity (Wildman–Crippen MR) is 81.9 cm³/mol. The number of aryl methyl sites for hydroxylation is 1. The molecule has 4 heteroatoms. The molecule has 2 heterocycles. The highest BCUT2D eigenvalue weighted by molar-refractivity contribution is 5.93. The number of hydrogen-bond acceptors (Lipinski definition) is 2. The van der Waals surface area contributed by atoms with Crippen LogP contribution in [0.25, 0.3) is 0 Å². The third kappa shape index (κ3) is 3.23. The van der Waals surface area contributed by atoms with E-state index in [4.69, 9.17) is 0 Å². The van der Waals surface area contributed by atoms with Crippen LogP contribution in [0.2, 0.25) is 0 Å². The Labute approximate surface area is 122 Å². The Bertz CT molecular complexity index is 458. The molecule has 1 fully saturated rings. The molecule has 2 rings (SSSR count). The van der Waals surface area contributed by atoms with E-state index in [0.29, 0.717) is 5.92 Å². The van der Waals surface area contributed by atoms with Gasteiger partial charge in [-0.25, -0.2) is 0 Å². The minimum Gasteiger partial charge on any atom is -0.344 e. The number of carbonyl (C=O) groups excluding carboxylic acids is 1. The first-order valence-corrected chi connectivity index (χ1v) is 7.64. The Kier molecular flexibility index (Phi) is 4.86. The number of rotatable bonds is 4. The fourth-order valence-electron chi connectivity index (χ4n) is 2.86. The van der Waals surface area contributed by atoms with Crippen LogP contribution in [0.5, 0.6) is 0 Å². The molecule has 112 valence electrons. The Morgan fingerprint density at radius 1 is 1.50 bits per heavy atom. The number of piperidine rings is 1. The van der Waals surface area contributed by atoms with Gasteiger partial charge in [0.2, 0.25) is 0 Å². The summed E-state index contributed by atoms with van der Waals surface area (Å²) >= 11 is 0. The van der Waals surface area contributed by atoms with Gasteiger partial charge in [0.25, 0.3) is 5.91 Å². The summed E-state index contributed by atoms with van der Waals surface area (Å²) in [5.74, 6) is 0.734. The molecule has 1 aromatic rings. The van der Waals surface area contributed by atoms with Crippen molar-refractivity contribution in [2.75, 3.05) is 19.6 Å². The van der Waals surface area contributed by atoms with Crippen LogP contribution in [0.1, 0.15) is 42.9 Å². The van der Waals surface area contributed by atoms with Crippen LogP contribution < -0.4 is 5.32 Å². The van der Waals surface area contributed by atoms with Gasteiger partial charge in [-0.15, -0.1) is 0 Å². The van der Waals surface area contributed by atoms with E-state index in [1.165, 1.54) is 12.8 Å². The van der Waals surface area contributed by atoms with Crippen molar-refractivity contribution in [2.45, 2.75) is 39.7 Å². The monoisotopic (exact) mass is 277 g/mol. The first kappa shape index (κ1) is 15.1. The topological polar surface area (TPSA) is 37.3 Å². The lowest BCUT2D eigenvalue weighted by Gasteiger charge is -2.33. The largest absolute Gasteiger partial charge is 0.344 e. The molecule has 1 amide bonds. The molecule has 0 aromatic carbocycles. The van der Waals surface area contributed by atoms with Crippen LogP contribution in [0.15, 0.2) is 12.1 Å². The van der Waals surface area contributed by atoms with E-state index in [-0.39, 0.29) is 11.9 Å². The molecule has 1 atom stereocenters. The summed E-state index contributed by atoms with van der Waals surface area (Å²) in [7, 11) is 1.96. The second-order valence-electron chi connectivity index (χ2n) is 6.18. The second-order valence-corrected chi connectivity index (χ2v) is 6.18. The van der Waals surface area contributed by atoms with Gasteiger partial charge in [0.1, 0.15) is 5.69 Å². The zero-order valence-corrected chi connectivity index (χ0v) is 13.1. The summed E-state index contributed by atoms with van der Waals surface area (Å²) in [5.41, 5.74) is 1.91. The maximum Gasteiger partial charge on any atom is 0.270 e. The Balaban J connectivity index is 2.11. The second kappa shape index (κ2) is 6.44. The minimum absolute atomic E-state index is 0.154. The summed E-state index contributed by atoms with van der Waals surface area (Å²) in [6.07, 6.45) is 2.43. The number of aromatic nitrogens is 1. The Morgan fingerprint density at radius 3 is 2.75 bits per heavy atom. The summed E-state index contributed by atoms with van der Waals surface area (Å²) in [6, 6.07) is 4.18. The summed E-state index contributed by atoms with van der Waals surface area (Å²) in [4.78, 5) is 14.8. The van der Waals surface area contributed by atoms with Gasteiger partial charge >= 0.3 is 0 Å². The highest BCUT2D eigenvalue weighted by Crippen LogP contribution is 2.17. The highest BCUT2D eigenvalue weighted by atomic mass is 16.2. The molecule has 20 heavy (non-hydrogen) atoms. The van der Waals surface area contributed by atoms with Crippen molar-refractivity contribution in [1.82, 2.24) is 14.8 Å². The van der Waals surface area contributed by atoms with Crippen molar-refractivity contribution in [3.05, 3.63) is 23.5 Å². The molecule has 0 bridgehead atoms. The van der Waals surface area contributed by atoms with Gasteiger partial charge in [-0.3, -0.25) is 4.79 Å². The van der Waals surface area contributed by atoms with E-state index in [0.717, 1.165) is 31.0 Å². The molecule has 4 nitrogen and oxygen atoms in total. The van der Waals surface area contributed by atoms with E-state index in [9.17, 15) is 4.79 Å². The average Bonchev–Trinajstić information content (AvgIpc) is 2.76. The number of amides is 1. The SMILES string of the molecule is Cc1ccc(C(=O)N(CC2CCCNC2)C(C)C)n1C. The minimum atomic E-state index is 0.154. The van der Waals surface area contributed by atoms with E-state index in [1.807, 2.05) is 35.6 Å². The number of carbonyl (C=O) groups is 1. The van der Waals surface area contributed by atoms with Crippen molar-refractivity contribution in [3.8, 4) is 0 Å². The van der Waals surface area contributed by atoms with E-state index >= 15 is 0 Å². The van der Waals surface area contributed by atoms with Crippen molar-refractivity contribution in [2.24, 2.45) is 13.0 Å². The van der Waals surface area contributed by atoms with Crippen LogP contribution in [0.4, 0.5) is 0 Å². The first-order valence-electron chi connectivity index (χ1n) is 7.64. The maximum atomic E-state index is 12.8. The third-order valence-corrected chi connectivity index (χ3v) is 4.33. The molecule has 0 aliphatic carbocycles. The molecule has 1 aromatic heterocycles. The van der Waals surface area contributed by atoms with Gasteiger partial charge in [0.05, 0.1) is 0 Å². The lowest BCUT2D eigenvalue weighted by atomic mass is 9.98. The quantitative estimate of drug-likeness (QED) is 0.916. The fraction of sp³-hybridized carbons (Fsp3) is 0.688. The molecule has 0 spiro atoms. The van der Waals surface area contributed by atoms with Crippen LogP contribution in [-0.2, 0) is 7.05 Å². The molecule has 1 aliphatic rings. The fourth-order valence-corrected chi connectivity index (χ4v) is 2.86. The Hall–Kier alpha value is -1.29. The lowest BCUT2D eigenvalue weighted by Crippen LogP contribution is -2.44. The van der Waals surface area contributed by atoms with Crippen molar-refractivity contribution in [1.29, 1.82) is 0 Å². The number of nitrogens with zero attached hydrogens (tertiary/aromatic N) is 2. The van der Waals surface area contributed by atoms with Gasteiger partial charge in [-0.05, 0) is 64.8 Å². The standard InChI is InChI=1S/C16H27N3O/c1-12(2)19(11-14-6-5-9-17-10-14)16(20)15-8-7-13(3)18(15)4/h7-8,12,14,17H,5-6,9-11H2,1-4H3. The number of nitrogens with one attached hydrogen (secondary N) is 1. The van der Waals surface area contributed by atoms with Crippen LogP contribution in [0.3, 0.4) is 0 Å². The van der Waals surface area contributed by atoms with Gasteiger partial charge < -0.3 is 14.8 Å². The zero-order chi connectivity index (χ0) is 14.7. The summed E-state index contributed by atoms with van der Waals surface area (Å²) < 4.78 is 1.98. The van der Waals surface area contributed by atoms with Crippen molar-refractivity contribution in [3.63, 3.8) is 0 Å². The van der Waals surface area contributed by atoms with E-state index < -0.39 is 0 Å². The molecule has 1 saturated heterocycles. The van der Waals surface area contributed by atoms with Gasteiger partial charge in [0, 0.05) is 25.3 Å². The molecule has 0 saturated carbocycles. The lowest BCUT2D eigenvalue weighted by molar-refractivity contribution is 0.0651. The smallest absolute Gasteiger partial charge is 0.270 e. The maximum absolute atomic E-state index is 12.8. The molecule has 1 unspecified atom stereocenters. The molecular formula is C16H27N3O. The van der Waals surface area contributed by atoms with E-state index in [2.05, 4.69) is 19.2 Å².